The highest BCUT2D eigenvalue weighted by molar-refractivity contribution is 6.99. The van der Waals surface area contributed by atoms with Gasteiger partial charge >= 0.3 is 6.09 Å². The van der Waals surface area contributed by atoms with Gasteiger partial charge in [-0.05, 0) is 15.4 Å². The highest BCUT2D eigenvalue weighted by atomic mass is 35.5. The van der Waals surface area contributed by atoms with Crippen molar-refractivity contribution in [3.63, 3.8) is 0 Å². The van der Waals surface area contributed by atoms with Crippen LogP contribution in [-0.4, -0.2) is 69.9 Å². The average Bonchev–Trinajstić information content (AvgIpc) is 3.30. The van der Waals surface area contributed by atoms with Crippen LogP contribution in [0.15, 0.2) is 66.7 Å². The van der Waals surface area contributed by atoms with Crippen molar-refractivity contribution in [2.75, 3.05) is 49.3 Å². The van der Waals surface area contributed by atoms with E-state index in [0.717, 1.165) is 0 Å². The molecule has 38 heavy (non-hydrogen) atoms. The van der Waals surface area contributed by atoms with Crippen molar-refractivity contribution in [3.05, 3.63) is 71.9 Å². The molecule has 200 valence electrons. The van der Waals surface area contributed by atoms with E-state index >= 15 is 0 Å². The maximum absolute atomic E-state index is 13.0. The van der Waals surface area contributed by atoms with Crippen molar-refractivity contribution in [1.82, 2.24) is 9.97 Å². The van der Waals surface area contributed by atoms with Gasteiger partial charge < -0.3 is 18.8 Å². The predicted molar refractivity (Wildman–Crippen MR) is 151 cm³/mol. The molecule has 0 saturated carbocycles. The molecule has 0 bridgehead atoms. The van der Waals surface area contributed by atoms with E-state index in [0.29, 0.717) is 44.6 Å². The Kier molecular flexibility index (Phi) is 7.72. The molecule has 8 nitrogen and oxygen atoms in total. The van der Waals surface area contributed by atoms with Crippen molar-refractivity contribution < 1.29 is 18.7 Å². The second-order valence-corrected chi connectivity index (χ2v) is 15.2. The molecule has 2 saturated heterocycles. The Morgan fingerprint density at radius 1 is 1.00 bits per heavy atom. The third-order valence-corrected chi connectivity index (χ3v) is 12.2. The van der Waals surface area contributed by atoms with Crippen LogP contribution in [0.4, 0.5) is 16.6 Å². The number of carbonyl (C=O) groups excluding carboxylic acids is 1. The van der Waals surface area contributed by atoms with Crippen LogP contribution in [-0.2, 0) is 13.9 Å². The lowest BCUT2D eigenvalue weighted by atomic mass is 10.2. The largest absolute Gasteiger partial charge is 0.441 e. The molecule has 0 spiro atoms. The number of rotatable bonds is 7. The molecular formula is C28H33ClN4O4Si. The van der Waals surface area contributed by atoms with Gasteiger partial charge in [-0.1, -0.05) is 93.0 Å². The Morgan fingerprint density at radius 3 is 2.18 bits per heavy atom. The number of cyclic esters (lactones) is 1. The van der Waals surface area contributed by atoms with Crippen molar-refractivity contribution in [1.29, 1.82) is 0 Å². The zero-order chi connectivity index (χ0) is 26.8. The third-order valence-electron chi connectivity index (χ3n) is 7.02. The first-order valence-electron chi connectivity index (χ1n) is 12.9. The maximum Gasteiger partial charge on any atom is 0.416 e. The molecule has 1 aromatic heterocycles. The molecule has 1 atom stereocenters. The fourth-order valence-corrected chi connectivity index (χ4v) is 9.98. The van der Waals surface area contributed by atoms with E-state index in [-0.39, 0.29) is 16.8 Å². The summed E-state index contributed by atoms with van der Waals surface area (Å²) in [5.74, 6) is 0.903. The summed E-state index contributed by atoms with van der Waals surface area (Å²) in [5, 5.41) is 2.46. The molecule has 0 aliphatic carbocycles. The molecule has 10 heteroatoms. The zero-order valence-corrected chi connectivity index (χ0v) is 23.7. The van der Waals surface area contributed by atoms with Crippen molar-refractivity contribution in [2.45, 2.75) is 31.9 Å². The minimum atomic E-state index is -2.76. The molecule has 2 aromatic carbocycles. The van der Waals surface area contributed by atoms with Gasteiger partial charge in [-0.25, -0.2) is 9.78 Å². The number of benzene rings is 2. The number of aromatic nitrogens is 2. The van der Waals surface area contributed by atoms with Gasteiger partial charge in [0.05, 0.1) is 26.4 Å². The van der Waals surface area contributed by atoms with Crippen LogP contribution < -0.4 is 20.2 Å². The smallest absolute Gasteiger partial charge is 0.416 e. The summed E-state index contributed by atoms with van der Waals surface area (Å²) in [6.45, 7) is 9.78. The van der Waals surface area contributed by atoms with Crippen LogP contribution in [0.1, 0.15) is 20.8 Å². The number of hydrogen-bond acceptors (Lipinski definition) is 7. The summed E-state index contributed by atoms with van der Waals surface area (Å²) < 4.78 is 18.2. The highest BCUT2D eigenvalue weighted by Gasteiger charge is 2.51. The first-order valence-corrected chi connectivity index (χ1v) is 15.2. The van der Waals surface area contributed by atoms with Crippen molar-refractivity contribution >= 4 is 48.2 Å². The fourth-order valence-electron chi connectivity index (χ4n) is 5.21. The Labute approximate surface area is 229 Å². The molecule has 3 aromatic rings. The maximum atomic E-state index is 13.0. The number of carbonyl (C=O) groups is 1. The minimum absolute atomic E-state index is 0.175. The highest BCUT2D eigenvalue weighted by Crippen LogP contribution is 2.37. The summed E-state index contributed by atoms with van der Waals surface area (Å²) in [4.78, 5) is 25.5. The molecule has 0 unspecified atom stereocenters. The van der Waals surface area contributed by atoms with Gasteiger partial charge in [0.2, 0.25) is 5.95 Å². The van der Waals surface area contributed by atoms with Gasteiger partial charge in [0.1, 0.15) is 17.1 Å². The topological polar surface area (TPSA) is 77.0 Å². The lowest BCUT2D eigenvalue weighted by Gasteiger charge is -2.43. The quantitative estimate of drug-likeness (QED) is 0.325. The van der Waals surface area contributed by atoms with Gasteiger partial charge in [-0.3, -0.25) is 4.90 Å². The van der Waals surface area contributed by atoms with Gasteiger partial charge in [0, 0.05) is 19.2 Å². The number of anilines is 2. The first kappa shape index (κ1) is 26.6. The lowest BCUT2D eigenvalue weighted by molar-refractivity contribution is 0.101. The third kappa shape index (κ3) is 5.29. The molecule has 2 aliphatic heterocycles. The summed E-state index contributed by atoms with van der Waals surface area (Å²) >= 11 is 6.33. The first-order chi connectivity index (χ1) is 18.3. The van der Waals surface area contributed by atoms with E-state index in [9.17, 15) is 4.79 Å². The molecule has 2 aliphatic rings. The van der Waals surface area contributed by atoms with Gasteiger partial charge in [0.25, 0.3) is 8.32 Å². The molecule has 1 amide bonds. The van der Waals surface area contributed by atoms with Crippen LogP contribution in [0, 0.1) is 0 Å². The van der Waals surface area contributed by atoms with Crippen molar-refractivity contribution in [3.8, 4) is 0 Å². The summed E-state index contributed by atoms with van der Waals surface area (Å²) in [5.41, 5.74) is 0. The lowest BCUT2D eigenvalue weighted by Crippen LogP contribution is -2.67. The van der Waals surface area contributed by atoms with E-state index in [1.165, 1.54) is 15.3 Å². The van der Waals surface area contributed by atoms with Crippen LogP contribution in [0.5, 0.6) is 0 Å². The second-order valence-electron chi connectivity index (χ2n) is 10.5. The van der Waals surface area contributed by atoms with Gasteiger partial charge in [-0.15, -0.1) is 0 Å². The van der Waals surface area contributed by atoms with Gasteiger partial charge in [-0.2, -0.15) is 4.98 Å². The molecule has 5 rings (SSSR count). The van der Waals surface area contributed by atoms with E-state index in [4.69, 9.17) is 25.5 Å². The summed E-state index contributed by atoms with van der Waals surface area (Å²) in [7, 11) is -2.76. The molecule has 0 radical (unpaired) electrons. The minimum Gasteiger partial charge on any atom is -0.441 e. The summed E-state index contributed by atoms with van der Waals surface area (Å²) in [6, 6.07) is 22.4. The second kappa shape index (κ2) is 11.0. The number of amides is 1. The Bertz CT molecular complexity index is 1210. The van der Waals surface area contributed by atoms with Crippen LogP contribution in [0.2, 0.25) is 10.2 Å². The Balaban J connectivity index is 1.39. The predicted octanol–water partition coefficient (Wildman–Crippen LogP) is 3.87. The van der Waals surface area contributed by atoms with Crippen molar-refractivity contribution in [2.24, 2.45) is 0 Å². The number of halogens is 1. The van der Waals surface area contributed by atoms with E-state index < -0.39 is 20.5 Å². The van der Waals surface area contributed by atoms with Crippen LogP contribution in [0.25, 0.3) is 0 Å². The number of nitrogens with zero attached hydrogens (tertiary/aromatic N) is 4. The normalized spacial score (nSPS) is 18.5. The van der Waals surface area contributed by atoms with E-state index in [2.05, 4.69) is 79.3 Å². The number of hydrogen-bond donors (Lipinski definition) is 0. The zero-order valence-electron chi connectivity index (χ0n) is 22.0. The van der Waals surface area contributed by atoms with Crippen LogP contribution >= 0.6 is 11.6 Å². The molecule has 2 fully saturated rings. The Hall–Kier alpha value is -2.98. The number of morpholine rings is 1. The monoisotopic (exact) mass is 552 g/mol. The number of ether oxygens (including phenoxy) is 2. The standard InChI is InChI=1S/C28H33ClN4O4Si/c1-28(2,3)38(22-10-6-4-7-11-22,23-12-8-5-9-13-23)36-20-21-19-33(27(34)37-21)25-18-24(29)30-26(31-25)32-14-16-35-17-15-32/h4-13,18,21H,14-17,19-20H2,1-3H3/t21-/m0/s1. The molecular weight excluding hydrogens is 520 g/mol. The summed E-state index contributed by atoms with van der Waals surface area (Å²) in [6.07, 6.45) is -0.923. The Morgan fingerprint density at radius 2 is 1.61 bits per heavy atom. The fraction of sp³-hybridized carbons (Fsp3) is 0.393. The van der Waals surface area contributed by atoms with Gasteiger partial charge in [0.15, 0.2) is 0 Å². The SMILES string of the molecule is CC(C)(C)[Si](OC[C@@H]1CN(c2cc(Cl)nc(N3CCOCC3)n2)C(=O)O1)(c1ccccc1)c1ccccc1. The molecule has 0 N–H and O–H groups in total. The van der Waals surface area contributed by atoms with E-state index in [1.54, 1.807) is 6.07 Å². The van der Waals surface area contributed by atoms with E-state index in [1.807, 2.05) is 17.0 Å². The molecule has 3 heterocycles. The van der Waals surface area contributed by atoms with Crippen LogP contribution in [0.3, 0.4) is 0 Å². The average molecular weight is 553 g/mol.